The molecule has 0 saturated carbocycles. The molecule has 3 aliphatic rings. The van der Waals surface area contributed by atoms with Gasteiger partial charge in [0.15, 0.2) is 11.0 Å². The first kappa shape index (κ1) is 38.0. The third-order valence-electron chi connectivity index (χ3n) is 11.4. The number of carbonyl (C=O) groups is 1. The summed E-state index contributed by atoms with van der Waals surface area (Å²) in [6.45, 7) is 4.81. The molecule has 8 rings (SSSR count). The average Bonchev–Trinajstić information content (AvgIpc) is 3.97. The van der Waals surface area contributed by atoms with E-state index >= 15 is 22.0 Å². The lowest BCUT2D eigenvalue weighted by Gasteiger charge is -2.35. The van der Waals surface area contributed by atoms with Crippen molar-refractivity contribution in [3.05, 3.63) is 58.4 Å². The monoisotopic (exact) mass is 817 g/mol. The van der Waals surface area contributed by atoms with E-state index in [2.05, 4.69) is 15.1 Å². The van der Waals surface area contributed by atoms with Gasteiger partial charge in [0.05, 0.1) is 33.4 Å². The first-order valence-electron chi connectivity index (χ1n) is 18.0. The molecule has 6 heterocycles. The topological polar surface area (TPSA) is 129 Å². The molecule has 294 valence electrons. The summed E-state index contributed by atoms with van der Waals surface area (Å²) in [5.41, 5.74) is 1.76. The summed E-state index contributed by atoms with van der Waals surface area (Å²) in [7, 11) is 0. The Morgan fingerprint density at radius 3 is 2.71 bits per heavy atom. The van der Waals surface area contributed by atoms with Crippen molar-refractivity contribution in [3.8, 4) is 23.2 Å². The Bertz CT molecular complexity index is 2440. The normalized spacial score (nSPS) is 22.6. The second-order valence-electron chi connectivity index (χ2n) is 14.4. The van der Waals surface area contributed by atoms with Crippen LogP contribution in [0.5, 0.6) is 6.01 Å². The van der Waals surface area contributed by atoms with Gasteiger partial charge in [-0.3, -0.25) is 4.90 Å². The number of alkyl halides is 4. The van der Waals surface area contributed by atoms with Crippen molar-refractivity contribution in [1.29, 1.82) is 5.26 Å². The van der Waals surface area contributed by atoms with E-state index in [9.17, 15) is 14.4 Å². The van der Waals surface area contributed by atoms with Gasteiger partial charge in [0.1, 0.15) is 41.0 Å². The summed E-state index contributed by atoms with van der Waals surface area (Å²) in [5.74, 6) is -2.32. The fourth-order valence-corrected chi connectivity index (χ4v) is 9.90. The molecule has 4 atom stereocenters. The van der Waals surface area contributed by atoms with Gasteiger partial charge in [0.25, 0.3) is 0 Å². The van der Waals surface area contributed by atoms with E-state index in [1.54, 1.807) is 23.6 Å². The van der Waals surface area contributed by atoms with E-state index < -0.39 is 69.8 Å². The van der Waals surface area contributed by atoms with E-state index in [1.807, 2.05) is 11.0 Å². The number of nitriles is 1. The number of fused-ring (bicyclic) bond motifs is 3. The average molecular weight is 818 g/mol. The highest BCUT2D eigenvalue weighted by Crippen LogP contribution is 2.49. The first-order valence-corrected chi connectivity index (χ1v) is 19.2. The Morgan fingerprint density at radius 1 is 1.23 bits per heavy atom. The van der Waals surface area contributed by atoms with Gasteiger partial charge in [-0.25, -0.2) is 18.0 Å². The van der Waals surface area contributed by atoms with E-state index in [-0.39, 0.29) is 75.7 Å². The van der Waals surface area contributed by atoms with Gasteiger partial charge < -0.3 is 20.3 Å². The number of nitrogens with two attached hydrogens (primary N) is 1. The zero-order valence-corrected chi connectivity index (χ0v) is 31.6. The van der Waals surface area contributed by atoms with Crippen molar-refractivity contribution in [1.82, 2.24) is 29.5 Å². The van der Waals surface area contributed by atoms with Crippen LogP contribution in [0.4, 0.5) is 42.0 Å². The van der Waals surface area contributed by atoms with Gasteiger partial charge in [-0.15, -0.1) is 11.3 Å². The number of likely N-dealkylation sites (tertiary alicyclic amines) is 1. The summed E-state index contributed by atoms with van der Waals surface area (Å²) >= 11 is 6.63. The Hall–Kier alpha value is -4.86. The van der Waals surface area contributed by atoms with E-state index in [0.29, 0.717) is 30.7 Å². The van der Waals surface area contributed by atoms with Crippen molar-refractivity contribution < 1.29 is 35.9 Å². The minimum atomic E-state index is -5.16. The number of benzene rings is 2. The molecule has 56 heavy (non-hydrogen) atoms. The molecule has 3 aromatic heterocycles. The van der Waals surface area contributed by atoms with Crippen LogP contribution in [0, 0.1) is 23.0 Å². The highest BCUT2D eigenvalue weighted by atomic mass is 35.5. The molecule has 3 saturated heterocycles. The first-order chi connectivity index (χ1) is 26.7. The Labute approximate surface area is 325 Å². The molecule has 0 radical (unpaired) electrons. The molecule has 0 aliphatic carbocycles. The molecule has 0 spiro atoms. The number of thiophene rings is 1. The number of hydrogen-bond donors (Lipinski definition) is 1. The van der Waals surface area contributed by atoms with E-state index in [1.165, 1.54) is 12.3 Å². The van der Waals surface area contributed by atoms with E-state index in [4.69, 9.17) is 22.1 Å². The maximum Gasteiger partial charge on any atom is 0.417 e. The number of ether oxygens (including phenoxy) is 1. The number of nitrogen functional groups attached to an aromatic ring is 1. The molecule has 0 unspecified atom stereocenters. The predicted molar refractivity (Wildman–Crippen MR) is 199 cm³/mol. The smallest absolute Gasteiger partial charge is 0.417 e. The second-order valence-corrected chi connectivity index (χ2v) is 15.8. The minimum Gasteiger partial charge on any atom is -0.461 e. The van der Waals surface area contributed by atoms with Crippen LogP contribution in [0.15, 0.2) is 30.5 Å². The number of amides is 1. The maximum absolute atomic E-state index is 17.4. The standard InChI is InChI=1S/C37H34ClF6N9O2S/c1-3-51(25-7-11-52(18(25)2)35(54)53-12-8-26(38)49-53)33-21-13-23(37(42,43)44)28(20-5-6-24(40)31-27(20)22(15-45)32(46)56-31)29(41)30(21)47-34(48-33)55-17-36-9-4-10-50(36)16-19(39)14-36/h5-6,8,12-13,18-19,25H,3-4,7,9-11,14,16-17,46H2,1-2H3/t18-,19-,25-,36+/m1/s1. The van der Waals surface area contributed by atoms with Crippen molar-refractivity contribution >= 4 is 60.8 Å². The van der Waals surface area contributed by atoms with Crippen LogP contribution in [0.25, 0.3) is 32.1 Å². The Balaban J connectivity index is 1.31. The summed E-state index contributed by atoms with van der Waals surface area (Å²) < 4.78 is 99.8. The Kier molecular flexibility index (Phi) is 9.48. The van der Waals surface area contributed by atoms with Crippen LogP contribution in [-0.4, -0.2) is 92.2 Å². The highest BCUT2D eigenvalue weighted by Gasteiger charge is 2.50. The fraction of sp³-hybridized carbons (Fsp3) is 0.432. The van der Waals surface area contributed by atoms with Gasteiger partial charge >= 0.3 is 18.2 Å². The summed E-state index contributed by atoms with van der Waals surface area (Å²) in [5, 5.41) is 13.3. The van der Waals surface area contributed by atoms with Gasteiger partial charge in [-0.2, -0.15) is 38.2 Å². The van der Waals surface area contributed by atoms with Gasteiger partial charge in [0, 0.05) is 48.6 Å². The predicted octanol–water partition coefficient (Wildman–Crippen LogP) is 8.02. The lowest BCUT2D eigenvalue weighted by molar-refractivity contribution is -0.137. The number of rotatable bonds is 7. The number of anilines is 2. The molecule has 0 bridgehead atoms. The van der Waals surface area contributed by atoms with Crippen LogP contribution in [0.2, 0.25) is 5.15 Å². The van der Waals surface area contributed by atoms with Gasteiger partial charge in [-0.1, -0.05) is 17.7 Å². The molecule has 2 N–H and O–H groups in total. The third kappa shape index (κ3) is 6.14. The van der Waals surface area contributed by atoms with Crippen molar-refractivity contribution in [2.75, 3.05) is 43.4 Å². The van der Waals surface area contributed by atoms with Crippen LogP contribution < -0.4 is 15.4 Å². The largest absolute Gasteiger partial charge is 0.461 e. The maximum atomic E-state index is 17.4. The summed E-state index contributed by atoms with van der Waals surface area (Å²) in [4.78, 5) is 27.7. The van der Waals surface area contributed by atoms with Crippen LogP contribution in [0.1, 0.15) is 50.7 Å². The number of halogens is 7. The highest BCUT2D eigenvalue weighted by molar-refractivity contribution is 7.23. The molecular formula is C37H34ClF6N9O2S. The van der Waals surface area contributed by atoms with Gasteiger partial charge in [-0.05, 0) is 63.4 Å². The van der Waals surface area contributed by atoms with E-state index in [0.717, 1.165) is 29.3 Å². The van der Waals surface area contributed by atoms with Crippen molar-refractivity contribution in [2.24, 2.45) is 0 Å². The van der Waals surface area contributed by atoms with Crippen LogP contribution in [0.3, 0.4) is 0 Å². The number of nitrogens with zero attached hydrogens (tertiary/aromatic N) is 8. The van der Waals surface area contributed by atoms with Crippen molar-refractivity contribution in [3.63, 3.8) is 0 Å². The minimum absolute atomic E-state index is 0.0492. The number of carbonyl (C=O) groups excluding carboxylic acids is 1. The summed E-state index contributed by atoms with van der Waals surface area (Å²) in [6.07, 6.45) is -2.80. The summed E-state index contributed by atoms with van der Waals surface area (Å²) in [6, 6.07) is 4.07. The molecule has 1 amide bonds. The number of aromatic nitrogens is 4. The second kappa shape index (κ2) is 14.0. The molecule has 2 aromatic carbocycles. The molecule has 3 fully saturated rings. The molecule has 3 aliphatic heterocycles. The Morgan fingerprint density at radius 2 is 2.02 bits per heavy atom. The van der Waals surface area contributed by atoms with Gasteiger partial charge in [0.2, 0.25) is 0 Å². The lowest BCUT2D eigenvalue weighted by Crippen LogP contribution is -2.47. The molecule has 5 aromatic rings. The molecular weight excluding hydrogens is 784 g/mol. The lowest BCUT2D eigenvalue weighted by atomic mass is 9.92. The zero-order valence-electron chi connectivity index (χ0n) is 30.0. The number of hydrogen-bond acceptors (Lipinski definition) is 10. The third-order valence-corrected chi connectivity index (χ3v) is 12.6. The SMILES string of the molecule is CCN(c1nc(OC[C@@]23CCCN2C[C@H](F)C3)nc2c(F)c(-c3ccc(F)c4sc(N)c(C#N)c34)c(C(F)(F)F)cc12)[C@@H]1CCN(C(=O)n2ccc(Cl)n2)[C@@H]1C. The van der Waals surface area contributed by atoms with Crippen LogP contribution >= 0.6 is 22.9 Å². The fourth-order valence-electron chi connectivity index (χ4n) is 8.81. The van der Waals surface area contributed by atoms with Crippen LogP contribution in [-0.2, 0) is 6.18 Å². The van der Waals surface area contributed by atoms with Crippen molar-refractivity contribution in [2.45, 2.75) is 69.5 Å². The number of likely N-dealkylation sites (N-methyl/N-ethyl adjacent to an activating group) is 1. The molecule has 19 heteroatoms. The zero-order chi connectivity index (χ0) is 39.8. The molecule has 11 nitrogen and oxygen atoms in total. The quantitative estimate of drug-likeness (QED) is 0.162.